The lowest BCUT2D eigenvalue weighted by atomic mass is 10.1. The number of carbonyl (C=O) groups excluding carboxylic acids is 2. The molecule has 0 saturated carbocycles. The SMILES string of the molecule is CC(=O)N1CC(Nc2ccc(Nc3ncc4ccnc(-c5cc(NC(=O)/C=C/CN(C)C)ccn5)c4n3)cn2)C1. The van der Waals surface area contributed by atoms with Gasteiger partial charge >= 0.3 is 0 Å². The quantitative estimate of drug-likeness (QED) is 0.272. The lowest BCUT2D eigenvalue weighted by Crippen LogP contribution is -2.56. The molecule has 0 aliphatic carbocycles. The third-order valence-electron chi connectivity index (χ3n) is 6.21. The number of nitrogens with zero attached hydrogens (tertiary/aromatic N) is 7. The van der Waals surface area contributed by atoms with Crippen molar-refractivity contribution < 1.29 is 9.59 Å². The van der Waals surface area contributed by atoms with E-state index in [0.29, 0.717) is 48.2 Å². The van der Waals surface area contributed by atoms with Crippen LogP contribution in [0.4, 0.5) is 23.1 Å². The van der Waals surface area contributed by atoms with Gasteiger partial charge in [-0.1, -0.05) is 6.08 Å². The molecule has 4 aromatic rings. The number of pyridine rings is 3. The molecule has 0 atom stereocenters. The van der Waals surface area contributed by atoms with Gasteiger partial charge < -0.3 is 25.8 Å². The highest BCUT2D eigenvalue weighted by molar-refractivity contribution is 6.00. The average Bonchev–Trinajstić information content (AvgIpc) is 2.90. The number of hydrogen-bond donors (Lipinski definition) is 3. The zero-order valence-electron chi connectivity index (χ0n) is 22.5. The third-order valence-corrected chi connectivity index (χ3v) is 6.21. The number of fused-ring (bicyclic) bond motifs is 1. The molecule has 204 valence electrons. The molecule has 0 spiro atoms. The molecule has 0 aromatic carbocycles. The van der Waals surface area contributed by atoms with Crippen LogP contribution < -0.4 is 16.0 Å². The Hall–Kier alpha value is -4.97. The fraction of sp³-hybridized carbons (Fsp3) is 0.250. The molecule has 0 unspecified atom stereocenters. The first-order valence-electron chi connectivity index (χ1n) is 12.8. The molecule has 0 bridgehead atoms. The molecule has 12 heteroatoms. The van der Waals surface area contributed by atoms with Gasteiger partial charge in [0.05, 0.1) is 23.6 Å². The number of likely N-dealkylation sites (tertiary alicyclic amines) is 1. The molecule has 1 saturated heterocycles. The molecular weight excluding hydrogens is 508 g/mol. The lowest BCUT2D eigenvalue weighted by molar-refractivity contribution is -0.132. The number of carbonyl (C=O) groups is 2. The van der Waals surface area contributed by atoms with Crippen molar-refractivity contribution >= 4 is 45.9 Å². The molecule has 0 radical (unpaired) electrons. The Kier molecular flexibility index (Phi) is 7.87. The average molecular weight is 539 g/mol. The minimum atomic E-state index is -0.223. The van der Waals surface area contributed by atoms with Gasteiger partial charge in [-0.05, 0) is 44.4 Å². The second-order valence-corrected chi connectivity index (χ2v) is 9.70. The largest absolute Gasteiger partial charge is 0.364 e. The molecule has 4 aromatic heterocycles. The summed E-state index contributed by atoms with van der Waals surface area (Å²) in [6.07, 6.45) is 10.0. The van der Waals surface area contributed by atoms with Crippen molar-refractivity contribution in [2.24, 2.45) is 0 Å². The van der Waals surface area contributed by atoms with Crippen LogP contribution in [0.2, 0.25) is 0 Å². The summed E-state index contributed by atoms with van der Waals surface area (Å²) in [5.41, 5.74) is 3.08. The van der Waals surface area contributed by atoms with Gasteiger partial charge in [0.15, 0.2) is 0 Å². The number of hydrogen-bond acceptors (Lipinski definition) is 10. The molecule has 2 amide bonds. The summed E-state index contributed by atoms with van der Waals surface area (Å²) < 4.78 is 0. The van der Waals surface area contributed by atoms with E-state index in [2.05, 4.69) is 35.9 Å². The first-order valence-corrected chi connectivity index (χ1v) is 12.8. The van der Waals surface area contributed by atoms with E-state index in [4.69, 9.17) is 4.98 Å². The van der Waals surface area contributed by atoms with Crippen molar-refractivity contribution in [3.63, 3.8) is 0 Å². The predicted molar refractivity (Wildman–Crippen MR) is 154 cm³/mol. The molecule has 5 rings (SSSR count). The Morgan fingerprint density at radius 1 is 1.02 bits per heavy atom. The maximum absolute atomic E-state index is 12.3. The van der Waals surface area contributed by atoms with Crippen LogP contribution in [0.1, 0.15) is 6.92 Å². The van der Waals surface area contributed by atoms with E-state index in [1.54, 1.807) is 54.8 Å². The standard InChI is InChI=1S/C28H30N10O2/c1-18(39)38-16-22(17-38)33-24-7-6-21(15-31-24)35-28-32-14-19-8-10-30-27(26(19)36-28)23-13-20(9-11-29-23)34-25(40)5-4-12-37(2)3/h4-11,13-15,22H,12,16-17H2,1-3H3,(H,31,33)(H,29,34,40)(H,32,35,36)/b5-4+. The summed E-state index contributed by atoms with van der Waals surface area (Å²) in [5.74, 6) is 0.976. The topological polar surface area (TPSA) is 141 Å². The number of aromatic nitrogens is 5. The fourth-order valence-electron chi connectivity index (χ4n) is 4.11. The molecule has 40 heavy (non-hydrogen) atoms. The van der Waals surface area contributed by atoms with Gasteiger partial charge in [-0.2, -0.15) is 0 Å². The van der Waals surface area contributed by atoms with Gasteiger partial charge in [0, 0.05) is 62.3 Å². The molecule has 1 aliphatic heterocycles. The van der Waals surface area contributed by atoms with Crippen molar-refractivity contribution in [2.45, 2.75) is 13.0 Å². The van der Waals surface area contributed by atoms with Gasteiger partial charge in [0.2, 0.25) is 17.8 Å². The smallest absolute Gasteiger partial charge is 0.248 e. The van der Waals surface area contributed by atoms with E-state index in [-0.39, 0.29) is 17.9 Å². The van der Waals surface area contributed by atoms with Crippen LogP contribution in [-0.2, 0) is 9.59 Å². The van der Waals surface area contributed by atoms with Crippen LogP contribution in [0.25, 0.3) is 22.3 Å². The van der Waals surface area contributed by atoms with Gasteiger partial charge in [-0.15, -0.1) is 0 Å². The van der Waals surface area contributed by atoms with Gasteiger partial charge in [-0.3, -0.25) is 19.6 Å². The van der Waals surface area contributed by atoms with Crippen molar-refractivity contribution in [1.82, 2.24) is 34.7 Å². The van der Waals surface area contributed by atoms with Crippen LogP contribution in [0.5, 0.6) is 0 Å². The summed E-state index contributed by atoms with van der Waals surface area (Å²) in [7, 11) is 3.87. The first kappa shape index (κ1) is 26.6. The monoisotopic (exact) mass is 538 g/mol. The predicted octanol–water partition coefficient (Wildman–Crippen LogP) is 2.92. The minimum Gasteiger partial charge on any atom is -0.364 e. The normalized spacial score (nSPS) is 13.4. The maximum Gasteiger partial charge on any atom is 0.248 e. The fourth-order valence-corrected chi connectivity index (χ4v) is 4.11. The summed E-state index contributed by atoms with van der Waals surface area (Å²) in [6.45, 7) is 3.60. The minimum absolute atomic E-state index is 0.0816. The van der Waals surface area contributed by atoms with Crippen LogP contribution in [0.15, 0.2) is 67.3 Å². The summed E-state index contributed by atoms with van der Waals surface area (Å²) in [5, 5.41) is 10.2. The molecular formula is C28H30N10O2. The van der Waals surface area contributed by atoms with E-state index in [1.807, 2.05) is 37.2 Å². The highest BCUT2D eigenvalue weighted by Crippen LogP contribution is 2.26. The Balaban J connectivity index is 1.29. The van der Waals surface area contributed by atoms with Crippen molar-refractivity contribution in [1.29, 1.82) is 0 Å². The number of amides is 2. The summed E-state index contributed by atoms with van der Waals surface area (Å²) >= 11 is 0. The maximum atomic E-state index is 12.3. The van der Waals surface area contributed by atoms with Crippen molar-refractivity contribution in [3.05, 3.63) is 67.3 Å². The summed E-state index contributed by atoms with van der Waals surface area (Å²) in [4.78, 5) is 50.0. The van der Waals surface area contributed by atoms with Crippen molar-refractivity contribution in [2.75, 3.05) is 49.7 Å². The lowest BCUT2D eigenvalue weighted by Gasteiger charge is -2.39. The number of nitrogens with one attached hydrogen (secondary N) is 3. The van der Waals surface area contributed by atoms with E-state index in [1.165, 1.54) is 6.08 Å². The number of rotatable bonds is 9. The van der Waals surface area contributed by atoms with E-state index in [0.717, 1.165) is 16.9 Å². The third kappa shape index (κ3) is 6.53. The van der Waals surface area contributed by atoms with Crippen LogP contribution in [-0.4, -0.2) is 86.3 Å². The van der Waals surface area contributed by atoms with Gasteiger partial charge in [0.25, 0.3) is 0 Å². The Morgan fingerprint density at radius 3 is 2.60 bits per heavy atom. The highest BCUT2D eigenvalue weighted by atomic mass is 16.2. The van der Waals surface area contributed by atoms with Gasteiger partial charge in [-0.25, -0.2) is 15.0 Å². The second-order valence-electron chi connectivity index (χ2n) is 9.70. The van der Waals surface area contributed by atoms with Crippen LogP contribution in [0.3, 0.4) is 0 Å². The van der Waals surface area contributed by atoms with E-state index < -0.39 is 0 Å². The Bertz CT molecular complexity index is 1550. The van der Waals surface area contributed by atoms with E-state index >= 15 is 0 Å². The zero-order chi connectivity index (χ0) is 28.1. The van der Waals surface area contributed by atoms with Crippen molar-refractivity contribution in [3.8, 4) is 11.4 Å². The number of anilines is 4. The van der Waals surface area contributed by atoms with Gasteiger partial charge in [0.1, 0.15) is 17.0 Å². The number of likely N-dealkylation sites (N-methyl/N-ethyl adjacent to an activating group) is 1. The summed E-state index contributed by atoms with van der Waals surface area (Å²) in [6, 6.07) is 9.28. The van der Waals surface area contributed by atoms with Crippen LogP contribution in [0, 0.1) is 0 Å². The first-order chi connectivity index (χ1) is 19.3. The molecule has 1 aliphatic rings. The molecule has 12 nitrogen and oxygen atoms in total. The molecule has 3 N–H and O–H groups in total. The van der Waals surface area contributed by atoms with E-state index in [9.17, 15) is 9.59 Å². The Labute approximate surface area is 231 Å². The molecule has 1 fully saturated rings. The Morgan fingerprint density at radius 2 is 1.85 bits per heavy atom. The zero-order valence-corrected chi connectivity index (χ0v) is 22.5. The second kappa shape index (κ2) is 11.8. The molecule has 5 heterocycles. The highest BCUT2D eigenvalue weighted by Gasteiger charge is 2.28. The van der Waals surface area contributed by atoms with Crippen LogP contribution >= 0.6 is 0 Å².